The average molecular weight is 1080 g/mol. The highest BCUT2D eigenvalue weighted by Gasteiger charge is 2.34. The predicted octanol–water partition coefficient (Wildman–Crippen LogP) is 7.52. The molecule has 4 unspecified atom stereocenters. The lowest BCUT2D eigenvalue weighted by Crippen LogP contribution is -2.56. The van der Waals surface area contributed by atoms with Crippen LogP contribution in [0.3, 0.4) is 0 Å². The van der Waals surface area contributed by atoms with Crippen LogP contribution in [-0.4, -0.2) is 184 Å². The smallest absolute Gasteiger partial charge is 0.324 e. The van der Waals surface area contributed by atoms with Crippen molar-refractivity contribution in [2.75, 3.05) is 119 Å². The molecule has 13 heteroatoms. The van der Waals surface area contributed by atoms with Gasteiger partial charge in [-0.15, -0.1) is 0 Å². The molecule has 424 valence electrons. The number of ether oxygens (including phenoxy) is 3. The largest absolute Gasteiger partial charge is 0.465 e. The fraction of sp³-hybridized carbons (Fsp3) is 0.439. The normalized spacial score (nSPS) is 20.6. The predicted molar refractivity (Wildman–Crippen MR) is 319 cm³/mol. The fourth-order valence-electron chi connectivity index (χ4n) is 10.8. The number of aliphatic hydroxyl groups is 1. The van der Waals surface area contributed by atoms with Crippen molar-refractivity contribution in [2.24, 2.45) is 0 Å². The number of nitrogens with one attached hydrogen (secondary N) is 2. The van der Waals surface area contributed by atoms with E-state index in [2.05, 4.69) is 192 Å². The van der Waals surface area contributed by atoms with Gasteiger partial charge >= 0.3 is 5.97 Å². The minimum Gasteiger partial charge on any atom is -0.465 e. The summed E-state index contributed by atoms with van der Waals surface area (Å²) in [6.07, 6.45) is 0. The summed E-state index contributed by atoms with van der Waals surface area (Å²) in [5.41, 5.74) is 7.94. The Morgan fingerprint density at radius 1 is 0.468 bits per heavy atom. The molecular weight excluding hydrogens is 985 g/mol. The van der Waals surface area contributed by atoms with Gasteiger partial charge in [-0.25, -0.2) is 0 Å². The standard InChI is InChI=1S/C21H26N2O2.C20H26N2O.C19H24N2O.C6H14N2O/c1-2-25-21(24)20-17-22(15-18-9-5-3-6-10-18)13-14-23(20)16-19-11-7-4-8-12-19;1-23-17-20-16-21(14-18-8-4-2-5-9-18)12-13-22(20)15-19-10-6-3-7-11-19;22-16-19-15-20(13-17-7-3-1-4-8-17)11-12-21(19)14-18-9-5-2-6-10-18;1-9-5-6-4-7-2-3-8-6/h3-12,20H,2,13-17H2,1H3;2-11,20H,12-17H2,1H3;1-10,19,22H,11-16H2;6-8H,2-5H2,1H3. The van der Waals surface area contributed by atoms with E-state index in [4.69, 9.17) is 14.2 Å². The Labute approximate surface area is 473 Å². The monoisotopic (exact) mass is 1070 g/mol. The van der Waals surface area contributed by atoms with E-state index >= 15 is 0 Å². The number of rotatable bonds is 19. The highest BCUT2D eigenvalue weighted by Crippen LogP contribution is 2.20. The maximum Gasteiger partial charge on any atom is 0.324 e. The SMILES string of the molecule is CCOC(=O)C1CN(Cc2ccccc2)CCN1Cc1ccccc1.COCC1CN(Cc2ccccc2)CCN1Cc1ccccc1.COCC1CNCCN1.OCC1CN(Cc2ccccc2)CCN1Cc1ccccc1. The van der Waals surface area contributed by atoms with Gasteiger partial charge in [-0.3, -0.25) is 34.2 Å². The molecule has 4 aliphatic rings. The number of benzene rings is 6. The highest BCUT2D eigenvalue weighted by atomic mass is 16.5. The number of nitrogens with zero attached hydrogens (tertiary/aromatic N) is 6. The number of piperazine rings is 4. The van der Waals surface area contributed by atoms with Gasteiger partial charge in [0.1, 0.15) is 6.04 Å². The number of carbonyl (C=O) groups excluding carboxylic acids is 1. The fourth-order valence-corrected chi connectivity index (χ4v) is 10.8. The lowest BCUT2D eigenvalue weighted by Gasteiger charge is -2.41. The van der Waals surface area contributed by atoms with Crippen molar-refractivity contribution in [1.82, 2.24) is 40.0 Å². The minimum atomic E-state index is -0.211. The van der Waals surface area contributed by atoms with Crippen molar-refractivity contribution in [1.29, 1.82) is 0 Å². The quantitative estimate of drug-likeness (QED) is 0.0698. The van der Waals surface area contributed by atoms with Gasteiger partial charge in [-0.2, -0.15) is 0 Å². The van der Waals surface area contributed by atoms with E-state index in [-0.39, 0.29) is 24.7 Å². The van der Waals surface area contributed by atoms with Gasteiger partial charge in [0, 0.05) is 150 Å². The molecule has 0 amide bonds. The molecule has 4 aliphatic heterocycles. The minimum absolute atomic E-state index is 0.115. The Morgan fingerprint density at radius 3 is 1.22 bits per heavy atom. The molecule has 0 spiro atoms. The van der Waals surface area contributed by atoms with Crippen molar-refractivity contribution >= 4 is 5.97 Å². The van der Waals surface area contributed by atoms with E-state index in [1.54, 1.807) is 14.2 Å². The van der Waals surface area contributed by atoms with Crippen LogP contribution in [0.15, 0.2) is 182 Å². The van der Waals surface area contributed by atoms with E-state index in [0.717, 1.165) is 124 Å². The first kappa shape index (κ1) is 61.0. The maximum absolute atomic E-state index is 12.5. The van der Waals surface area contributed by atoms with E-state index < -0.39 is 0 Å². The maximum atomic E-state index is 12.5. The summed E-state index contributed by atoms with van der Waals surface area (Å²) in [5, 5.41) is 16.4. The Kier molecular flexibility index (Phi) is 27.1. The van der Waals surface area contributed by atoms with Crippen LogP contribution >= 0.6 is 0 Å². The Balaban J connectivity index is 0.000000159. The van der Waals surface area contributed by atoms with Crippen molar-refractivity contribution in [3.05, 3.63) is 215 Å². The number of carbonyl (C=O) groups is 1. The molecule has 3 N–H and O–H groups in total. The number of esters is 1. The highest BCUT2D eigenvalue weighted by molar-refractivity contribution is 5.76. The molecule has 0 radical (unpaired) electrons. The molecule has 0 aromatic heterocycles. The van der Waals surface area contributed by atoms with Gasteiger partial charge in [0.05, 0.1) is 26.4 Å². The van der Waals surface area contributed by atoms with Gasteiger partial charge < -0.3 is 30.0 Å². The second-order valence-electron chi connectivity index (χ2n) is 21.1. The van der Waals surface area contributed by atoms with E-state index in [0.29, 0.717) is 25.2 Å². The summed E-state index contributed by atoms with van der Waals surface area (Å²) in [6.45, 7) is 21.7. The number of hydrogen-bond acceptors (Lipinski definition) is 13. The van der Waals surface area contributed by atoms with E-state index in [1.165, 1.54) is 33.4 Å². The second-order valence-corrected chi connectivity index (χ2v) is 21.1. The van der Waals surface area contributed by atoms with Crippen LogP contribution in [0.1, 0.15) is 40.3 Å². The summed E-state index contributed by atoms with van der Waals surface area (Å²) < 4.78 is 15.8. The van der Waals surface area contributed by atoms with Gasteiger partial charge in [0.25, 0.3) is 0 Å². The summed E-state index contributed by atoms with van der Waals surface area (Å²) in [4.78, 5) is 27.0. The lowest BCUT2D eigenvalue weighted by atomic mass is 10.1. The van der Waals surface area contributed by atoms with Crippen LogP contribution in [0.4, 0.5) is 0 Å². The number of methoxy groups -OCH3 is 2. The first-order valence-electron chi connectivity index (χ1n) is 28.7. The van der Waals surface area contributed by atoms with Crippen LogP contribution in [0.2, 0.25) is 0 Å². The zero-order valence-corrected chi connectivity index (χ0v) is 47.4. The van der Waals surface area contributed by atoms with Crippen LogP contribution in [0.5, 0.6) is 0 Å². The van der Waals surface area contributed by atoms with Crippen LogP contribution < -0.4 is 10.6 Å². The first-order valence-corrected chi connectivity index (χ1v) is 28.7. The zero-order valence-electron chi connectivity index (χ0n) is 47.4. The van der Waals surface area contributed by atoms with Gasteiger partial charge in [-0.1, -0.05) is 182 Å². The summed E-state index contributed by atoms with van der Waals surface area (Å²) in [5.74, 6) is -0.115. The van der Waals surface area contributed by atoms with Crippen molar-refractivity contribution in [2.45, 2.75) is 70.4 Å². The molecule has 0 saturated carbocycles. The van der Waals surface area contributed by atoms with E-state index in [1.807, 2.05) is 37.3 Å². The van der Waals surface area contributed by atoms with Crippen LogP contribution in [0, 0.1) is 0 Å². The molecule has 0 bridgehead atoms. The molecule has 4 atom stereocenters. The topological polar surface area (TPSA) is 108 Å². The third-order valence-electron chi connectivity index (χ3n) is 15.0. The second kappa shape index (κ2) is 35.2. The molecular formula is C66H90N8O5. The molecule has 13 nitrogen and oxygen atoms in total. The van der Waals surface area contributed by atoms with Crippen molar-refractivity contribution in [3.63, 3.8) is 0 Å². The van der Waals surface area contributed by atoms with Crippen molar-refractivity contribution < 1.29 is 24.1 Å². The molecule has 79 heavy (non-hydrogen) atoms. The average Bonchev–Trinajstić information content (AvgIpc) is 3.50. The van der Waals surface area contributed by atoms with Gasteiger partial charge in [0.2, 0.25) is 0 Å². The third kappa shape index (κ3) is 21.7. The molecule has 10 rings (SSSR count). The Morgan fingerprint density at radius 2 is 0.835 bits per heavy atom. The molecule has 0 aliphatic carbocycles. The third-order valence-corrected chi connectivity index (χ3v) is 15.0. The van der Waals surface area contributed by atoms with Gasteiger partial charge in [0.15, 0.2) is 0 Å². The zero-order chi connectivity index (χ0) is 55.1. The van der Waals surface area contributed by atoms with Crippen LogP contribution in [0.25, 0.3) is 0 Å². The summed E-state index contributed by atoms with van der Waals surface area (Å²) >= 11 is 0. The summed E-state index contributed by atoms with van der Waals surface area (Å²) in [7, 11) is 3.53. The van der Waals surface area contributed by atoms with Crippen LogP contribution in [-0.2, 0) is 58.3 Å². The molecule has 4 heterocycles. The molecule has 6 aromatic rings. The van der Waals surface area contributed by atoms with Gasteiger partial charge in [-0.05, 0) is 40.3 Å². The first-order chi connectivity index (χ1) is 38.9. The Bertz CT molecular complexity index is 2500. The molecule has 4 fully saturated rings. The van der Waals surface area contributed by atoms with E-state index in [9.17, 15) is 9.90 Å². The number of hydrogen-bond donors (Lipinski definition) is 3. The lowest BCUT2D eigenvalue weighted by molar-refractivity contribution is -0.152. The van der Waals surface area contributed by atoms with Crippen molar-refractivity contribution in [3.8, 4) is 0 Å². The molecule has 4 saturated heterocycles. The summed E-state index contributed by atoms with van der Waals surface area (Å²) in [6, 6.07) is 64.3. The Hall–Kier alpha value is -5.65. The molecule has 6 aromatic carbocycles. The number of aliphatic hydroxyl groups excluding tert-OH is 1.